The molecule has 3 aromatic rings. The van der Waals surface area contributed by atoms with Crippen molar-refractivity contribution in [3.8, 4) is 11.4 Å². The van der Waals surface area contributed by atoms with E-state index < -0.39 is 0 Å². The SMILES string of the molecule is O=C(Cc1cccs1)NCCn1ccc(-c2cnccn2)n1. The summed E-state index contributed by atoms with van der Waals surface area (Å²) in [6.07, 6.45) is 7.25. The summed E-state index contributed by atoms with van der Waals surface area (Å²) in [5.74, 6) is 0.0313. The molecule has 1 N–H and O–H groups in total. The van der Waals surface area contributed by atoms with Crippen molar-refractivity contribution in [3.63, 3.8) is 0 Å². The van der Waals surface area contributed by atoms with Gasteiger partial charge in [-0.25, -0.2) is 0 Å². The van der Waals surface area contributed by atoms with Gasteiger partial charge in [0.25, 0.3) is 0 Å². The van der Waals surface area contributed by atoms with E-state index in [2.05, 4.69) is 20.4 Å². The molecular weight excluding hydrogens is 298 g/mol. The number of amides is 1. The molecule has 22 heavy (non-hydrogen) atoms. The highest BCUT2D eigenvalue weighted by molar-refractivity contribution is 7.10. The van der Waals surface area contributed by atoms with Gasteiger partial charge in [0.1, 0.15) is 11.4 Å². The third-order valence-electron chi connectivity index (χ3n) is 3.04. The predicted molar refractivity (Wildman–Crippen MR) is 84.3 cm³/mol. The van der Waals surface area contributed by atoms with Gasteiger partial charge in [-0.1, -0.05) is 6.07 Å². The van der Waals surface area contributed by atoms with Gasteiger partial charge in [-0.3, -0.25) is 19.4 Å². The second-order valence-corrected chi connectivity index (χ2v) is 5.69. The van der Waals surface area contributed by atoms with E-state index in [-0.39, 0.29) is 5.91 Å². The van der Waals surface area contributed by atoms with Crippen LogP contribution in [0.5, 0.6) is 0 Å². The number of nitrogens with one attached hydrogen (secondary N) is 1. The van der Waals surface area contributed by atoms with E-state index in [1.165, 1.54) is 0 Å². The van der Waals surface area contributed by atoms with Crippen LogP contribution in [0, 0.1) is 0 Å². The van der Waals surface area contributed by atoms with Crippen LogP contribution in [0.25, 0.3) is 11.4 Å². The summed E-state index contributed by atoms with van der Waals surface area (Å²) in [4.78, 5) is 21.1. The first kappa shape index (κ1) is 14.4. The molecule has 0 radical (unpaired) electrons. The van der Waals surface area contributed by atoms with E-state index >= 15 is 0 Å². The third kappa shape index (κ3) is 3.76. The van der Waals surface area contributed by atoms with Crippen LogP contribution in [0.1, 0.15) is 4.88 Å². The molecule has 6 nitrogen and oxygen atoms in total. The van der Waals surface area contributed by atoms with Gasteiger partial charge >= 0.3 is 0 Å². The molecule has 0 aromatic carbocycles. The molecule has 0 saturated heterocycles. The van der Waals surface area contributed by atoms with E-state index in [0.29, 0.717) is 19.5 Å². The van der Waals surface area contributed by atoms with E-state index in [9.17, 15) is 4.79 Å². The minimum Gasteiger partial charge on any atom is -0.354 e. The van der Waals surface area contributed by atoms with Crippen molar-refractivity contribution < 1.29 is 4.79 Å². The van der Waals surface area contributed by atoms with Crippen molar-refractivity contribution in [2.75, 3.05) is 6.54 Å². The Hall–Kier alpha value is -2.54. The van der Waals surface area contributed by atoms with Crippen LogP contribution in [-0.2, 0) is 17.8 Å². The van der Waals surface area contributed by atoms with Crippen molar-refractivity contribution in [3.05, 3.63) is 53.2 Å². The summed E-state index contributed by atoms with van der Waals surface area (Å²) in [5, 5.41) is 9.29. The lowest BCUT2D eigenvalue weighted by Gasteiger charge is -2.04. The standard InChI is InChI=1S/C15H15N5OS/c21-15(10-12-2-1-9-22-12)18-6-8-20-7-3-13(19-20)14-11-16-4-5-17-14/h1-5,7,9,11H,6,8,10H2,(H,18,21). The summed E-state index contributed by atoms with van der Waals surface area (Å²) in [6, 6.07) is 5.80. The molecular formula is C15H15N5OS. The molecule has 3 rings (SSSR count). The summed E-state index contributed by atoms with van der Waals surface area (Å²) >= 11 is 1.59. The van der Waals surface area contributed by atoms with Crippen molar-refractivity contribution in [1.82, 2.24) is 25.1 Å². The quantitative estimate of drug-likeness (QED) is 0.752. The number of carbonyl (C=O) groups is 1. The predicted octanol–water partition coefficient (Wildman–Crippen LogP) is 1.76. The number of aromatic nitrogens is 4. The van der Waals surface area contributed by atoms with E-state index in [1.54, 1.807) is 34.6 Å². The highest BCUT2D eigenvalue weighted by Gasteiger charge is 2.05. The number of carbonyl (C=O) groups excluding carboxylic acids is 1. The van der Waals surface area contributed by atoms with Crippen molar-refractivity contribution in [2.45, 2.75) is 13.0 Å². The molecule has 0 aliphatic carbocycles. The van der Waals surface area contributed by atoms with Crippen molar-refractivity contribution >= 4 is 17.2 Å². The maximum Gasteiger partial charge on any atom is 0.225 e. The maximum absolute atomic E-state index is 11.8. The highest BCUT2D eigenvalue weighted by atomic mass is 32.1. The Morgan fingerprint density at radius 2 is 2.23 bits per heavy atom. The monoisotopic (exact) mass is 313 g/mol. The Balaban J connectivity index is 1.48. The first-order valence-electron chi connectivity index (χ1n) is 6.90. The Morgan fingerprint density at radius 3 is 3.00 bits per heavy atom. The summed E-state index contributed by atoms with van der Waals surface area (Å²) in [7, 11) is 0. The molecule has 3 heterocycles. The lowest BCUT2D eigenvalue weighted by atomic mass is 10.3. The third-order valence-corrected chi connectivity index (χ3v) is 3.92. The van der Waals surface area contributed by atoms with Gasteiger partial charge in [-0.15, -0.1) is 11.3 Å². The molecule has 112 valence electrons. The fourth-order valence-corrected chi connectivity index (χ4v) is 2.70. The number of thiophene rings is 1. The van der Waals surface area contributed by atoms with Crippen LogP contribution in [0.3, 0.4) is 0 Å². The molecule has 3 aromatic heterocycles. The average molecular weight is 313 g/mol. The second kappa shape index (κ2) is 6.95. The van der Waals surface area contributed by atoms with Gasteiger partial charge in [0.15, 0.2) is 0 Å². The largest absolute Gasteiger partial charge is 0.354 e. The van der Waals surface area contributed by atoms with Crippen LogP contribution in [0.4, 0.5) is 0 Å². The minimum absolute atomic E-state index is 0.0313. The van der Waals surface area contributed by atoms with E-state index in [1.807, 2.05) is 29.8 Å². The van der Waals surface area contributed by atoms with E-state index in [4.69, 9.17) is 0 Å². The Labute approximate surface area is 131 Å². The fraction of sp³-hybridized carbons (Fsp3) is 0.200. The molecule has 0 atom stereocenters. The number of rotatable bonds is 6. The van der Waals surface area contributed by atoms with Gasteiger partial charge in [0, 0.05) is 30.0 Å². The smallest absolute Gasteiger partial charge is 0.225 e. The molecule has 0 fully saturated rings. The molecule has 0 aliphatic rings. The first-order chi connectivity index (χ1) is 10.8. The Kier molecular flexibility index (Phi) is 4.55. The molecule has 0 spiro atoms. The number of hydrogen-bond donors (Lipinski definition) is 1. The summed E-state index contributed by atoms with van der Waals surface area (Å²) in [6.45, 7) is 1.17. The Bertz CT molecular complexity index is 723. The van der Waals surface area contributed by atoms with Gasteiger partial charge in [-0.05, 0) is 17.5 Å². The number of hydrogen-bond acceptors (Lipinski definition) is 5. The minimum atomic E-state index is 0.0313. The zero-order valence-electron chi connectivity index (χ0n) is 11.8. The lowest BCUT2D eigenvalue weighted by Crippen LogP contribution is -2.28. The zero-order chi connectivity index (χ0) is 15.2. The van der Waals surface area contributed by atoms with Gasteiger partial charge in [0.2, 0.25) is 5.91 Å². The average Bonchev–Trinajstić information content (AvgIpc) is 3.20. The fourth-order valence-electron chi connectivity index (χ4n) is 2.00. The van der Waals surface area contributed by atoms with Crippen LogP contribution in [-0.4, -0.2) is 32.2 Å². The van der Waals surface area contributed by atoms with Crippen LogP contribution in [0.2, 0.25) is 0 Å². The van der Waals surface area contributed by atoms with Crippen molar-refractivity contribution in [2.24, 2.45) is 0 Å². The highest BCUT2D eigenvalue weighted by Crippen LogP contribution is 2.11. The normalized spacial score (nSPS) is 10.5. The molecule has 7 heteroatoms. The molecule has 1 amide bonds. The summed E-state index contributed by atoms with van der Waals surface area (Å²) < 4.78 is 1.79. The van der Waals surface area contributed by atoms with Gasteiger partial charge in [-0.2, -0.15) is 5.10 Å². The van der Waals surface area contributed by atoms with Gasteiger partial charge in [0.05, 0.1) is 19.2 Å². The first-order valence-corrected chi connectivity index (χ1v) is 7.78. The molecule has 0 unspecified atom stereocenters. The van der Waals surface area contributed by atoms with E-state index in [0.717, 1.165) is 16.3 Å². The van der Waals surface area contributed by atoms with Gasteiger partial charge < -0.3 is 5.32 Å². The maximum atomic E-state index is 11.8. The topological polar surface area (TPSA) is 72.7 Å². The molecule has 0 bridgehead atoms. The van der Waals surface area contributed by atoms with Crippen LogP contribution in [0.15, 0.2) is 48.4 Å². The molecule has 0 saturated carbocycles. The number of nitrogens with zero attached hydrogens (tertiary/aromatic N) is 4. The second-order valence-electron chi connectivity index (χ2n) is 4.66. The Morgan fingerprint density at radius 1 is 1.27 bits per heavy atom. The van der Waals surface area contributed by atoms with Crippen LogP contribution < -0.4 is 5.32 Å². The zero-order valence-corrected chi connectivity index (χ0v) is 12.7. The lowest BCUT2D eigenvalue weighted by molar-refractivity contribution is -0.120. The van der Waals surface area contributed by atoms with Crippen molar-refractivity contribution in [1.29, 1.82) is 0 Å². The summed E-state index contributed by atoms with van der Waals surface area (Å²) in [5.41, 5.74) is 1.51. The van der Waals surface area contributed by atoms with Crippen LogP contribution >= 0.6 is 11.3 Å². The molecule has 0 aliphatic heterocycles.